The number of nitrogens with one attached hydrogen (secondary N) is 1. The largest absolute Gasteiger partial charge is 0.465 e. The summed E-state index contributed by atoms with van der Waals surface area (Å²) in [7, 11) is -2.21. The van der Waals surface area contributed by atoms with E-state index in [4.69, 9.17) is 0 Å². The summed E-state index contributed by atoms with van der Waals surface area (Å²) in [6.45, 7) is 2.04. The molecule has 0 aliphatic rings. The molecule has 2 aromatic rings. The number of anilines is 1. The molecule has 5 nitrogen and oxygen atoms in total. The van der Waals surface area contributed by atoms with Gasteiger partial charge in [0.2, 0.25) is 10.0 Å². The molecule has 0 bridgehead atoms. The molecule has 0 saturated heterocycles. The summed E-state index contributed by atoms with van der Waals surface area (Å²) in [4.78, 5) is 11.4. The summed E-state index contributed by atoms with van der Waals surface area (Å²) < 4.78 is 31.5. The molecule has 0 amide bonds. The lowest BCUT2D eigenvalue weighted by Gasteiger charge is -2.09. The monoisotopic (exact) mass is 333 g/mol. The summed E-state index contributed by atoms with van der Waals surface area (Å²) >= 11 is 0. The van der Waals surface area contributed by atoms with Gasteiger partial charge in [-0.05, 0) is 41.8 Å². The van der Waals surface area contributed by atoms with Gasteiger partial charge in [0.05, 0.1) is 18.4 Å². The molecule has 0 aliphatic carbocycles. The fraction of sp³-hybridized carbons (Fsp3) is 0.235. The predicted molar refractivity (Wildman–Crippen MR) is 89.8 cm³/mol. The molecule has 0 radical (unpaired) electrons. The standard InChI is InChI=1S/C17H19NO4S/c1-3-13-6-10-16(11-7-13)18-23(20,21)12-14-4-8-15(9-5-14)17(19)22-2/h4-11,18H,3,12H2,1-2H3. The summed E-state index contributed by atoms with van der Waals surface area (Å²) in [6.07, 6.45) is 0.902. The van der Waals surface area contributed by atoms with E-state index in [0.29, 0.717) is 16.8 Å². The Hall–Kier alpha value is -2.34. The fourth-order valence-corrected chi connectivity index (χ4v) is 3.30. The highest BCUT2D eigenvalue weighted by atomic mass is 32.2. The van der Waals surface area contributed by atoms with Gasteiger partial charge in [0, 0.05) is 5.69 Å². The van der Waals surface area contributed by atoms with Crippen LogP contribution < -0.4 is 4.72 Å². The van der Waals surface area contributed by atoms with Crippen molar-refractivity contribution < 1.29 is 17.9 Å². The SMILES string of the molecule is CCc1ccc(NS(=O)(=O)Cc2ccc(C(=O)OC)cc2)cc1. The second-order valence-electron chi connectivity index (χ2n) is 5.10. The molecule has 1 N–H and O–H groups in total. The average molecular weight is 333 g/mol. The first-order valence-corrected chi connectivity index (χ1v) is 8.85. The van der Waals surface area contributed by atoms with Crippen molar-refractivity contribution in [3.05, 3.63) is 65.2 Å². The molecule has 0 heterocycles. The number of carbonyl (C=O) groups is 1. The molecule has 0 atom stereocenters. The number of aryl methyl sites for hydroxylation is 1. The summed E-state index contributed by atoms with van der Waals surface area (Å²) in [5.74, 6) is -0.613. The van der Waals surface area contributed by atoms with E-state index in [9.17, 15) is 13.2 Å². The van der Waals surface area contributed by atoms with E-state index in [0.717, 1.165) is 12.0 Å². The average Bonchev–Trinajstić information content (AvgIpc) is 2.54. The number of benzene rings is 2. The van der Waals surface area contributed by atoms with Crippen LogP contribution in [0.1, 0.15) is 28.4 Å². The zero-order chi connectivity index (χ0) is 16.9. The number of carbonyl (C=O) groups excluding carboxylic acids is 1. The highest BCUT2D eigenvalue weighted by molar-refractivity contribution is 7.91. The normalized spacial score (nSPS) is 11.0. The van der Waals surface area contributed by atoms with Crippen molar-refractivity contribution in [2.75, 3.05) is 11.8 Å². The Kier molecular flexibility index (Phi) is 5.39. The third-order valence-corrected chi connectivity index (χ3v) is 4.63. The molecule has 0 saturated carbocycles. The van der Waals surface area contributed by atoms with Crippen LogP contribution in [0.3, 0.4) is 0 Å². The second-order valence-corrected chi connectivity index (χ2v) is 6.82. The van der Waals surface area contributed by atoms with Crippen LogP contribution in [0.5, 0.6) is 0 Å². The van der Waals surface area contributed by atoms with Gasteiger partial charge in [0.15, 0.2) is 0 Å². The highest BCUT2D eigenvalue weighted by Crippen LogP contribution is 2.15. The molecule has 0 spiro atoms. The highest BCUT2D eigenvalue weighted by Gasteiger charge is 2.13. The van der Waals surface area contributed by atoms with Gasteiger partial charge in [0.1, 0.15) is 0 Å². The summed E-state index contributed by atoms with van der Waals surface area (Å²) in [5, 5.41) is 0. The number of hydrogen-bond donors (Lipinski definition) is 1. The molecule has 2 rings (SSSR count). The minimum absolute atomic E-state index is 0.163. The Morgan fingerprint density at radius 3 is 2.09 bits per heavy atom. The van der Waals surface area contributed by atoms with Crippen molar-refractivity contribution in [1.29, 1.82) is 0 Å². The summed E-state index contributed by atoms with van der Waals surface area (Å²) in [6, 6.07) is 13.6. The Balaban J connectivity index is 2.06. The number of sulfonamides is 1. The van der Waals surface area contributed by atoms with Crippen molar-refractivity contribution in [2.24, 2.45) is 0 Å². The molecule has 23 heavy (non-hydrogen) atoms. The van der Waals surface area contributed by atoms with E-state index in [1.807, 2.05) is 19.1 Å². The first-order valence-electron chi connectivity index (χ1n) is 7.20. The van der Waals surface area contributed by atoms with Crippen LogP contribution in [-0.4, -0.2) is 21.5 Å². The van der Waals surface area contributed by atoms with Gasteiger partial charge in [0.25, 0.3) is 0 Å². The van der Waals surface area contributed by atoms with Crippen molar-refractivity contribution in [1.82, 2.24) is 0 Å². The molecular weight excluding hydrogens is 314 g/mol. The van der Waals surface area contributed by atoms with Gasteiger partial charge in [-0.3, -0.25) is 4.72 Å². The zero-order valence-electron chi connectivity index (χ0n) is 13.1. The van der Waals surface area contributed by atoms with Crippen LogP contribution in [0.4, 0.5) is 5.69 Å². The van der Waals surface area contributed by atoms with E-state index in [1.54, 1.807) is 36.4 Å². The quantitative estimate of drug-likeness (QED) is 0.825. The van der Waals surface area contributed by atoms with Crippen molar-refractivity contribution in [2.45, 2.75) is 19.1 Å². The molecule has 0 aromatic heterocycles. The first-order chi connectivity index (χ1) is 10.9. The van der Waals surface area contributed by atoms with Crippen LogP contribution >= 0.6 is 0 Å². The van der Waals surface area contributed by atoms with Crippen molar-refractivity contribution in [3.8, 4) is 0 Å². The van der Waals surface area contributed by atoms with E-state index in [-0.39, 0.29) is 5.75 Å². The van der Waals surface area contributed by atoms with Gasteiger partial charge < -0.3 is 4.74 Å². The van der Waals surface area contributed by atoms with Crippen LogP contribution in [0.2, 0.25) is 0 Å². The number of hydrogen-bond acceptors (Lipinski definition) is 4. The first kappa shape index (κ1) is 17.0. The lowest BCUT2D eigenvalue weighted by atomic mass is 10.1. The van der Waals surface area contributed by atoms with E-state index >= 15 is 0 Å². The Morgan fingerprint density at radius 1 is 1.00 bits per heavy atom. The molecule has 122 valence electrons. The van der Waals surface area contributed by atoms with Crippen molar-refractivity contribution >= 4 is 21.7 Å². The third kappa shape index (κ3) is 4.82. The van der Waals surface area contributed by atoms with Crippen LogP contribution in [0.25, 0.3) is 0 Å². The molecule has 0 fully saturated rings. The Morgan fingerprint density at radius 2 is 1.57 bits per heavy atom. The van der Waals surface area contributed by atoms with Crippen LogP contribution in [0.15, 0.2) is 48.5 Å². The molecule has 0 unspecified atom stereocenters. The smallest absolute Gasteiger partial charge is 0.337 e. The van der Waals surface area contributed by atoms with Crippen LogP contribution in [0, 0.1) is 0 Å². The maximum absolute atomic E-state index is 12.2. The Labute approximate surface area is 136 Å². The van der Waals surface area contributed by atoms with E-state index < -0.39 is 16.0 Å². The van der Waals surface area contributed by atoms with E-state index in [1.165, 1.54) is 7.11 Å². The number of rotatable bonds is 6. The number of methoxy groups -OCH3 is 1. The topological polar surface area (TPSA) is 72.5 Å². The molecular formula is C17H19NO4S. The lowest BCUT2D eigenvalue weighted by molar-refractivity contribution is 0.0600. The predicted octanol–water partition coefficient (Wildman–Crippen LogP) is 2.98. The van der Waals surface area contributed by atoms with Gasteiger partial charge in [-0.15, -0.1) is 0 Å². The van der Waals surface area contributed by atoms with Gasteiger partial charge >= 0.3 is 5.97 Å². The van der Waals surface area contributed by atoms with Crippen molar-refractivity contribution in [3.63, 3.8) is 0 Å². The lowest BCUT2D eigenvalue weighted by Crippen LogP contribution is -2.15. The zero-order valence-corrected chi connectivity index (χ0v) is 13.9. The van der Waals surface area contributed by atoms with Crippen LogP contribution in [-0.2, 0) is 26.9 Å². The minimum Gasteiger partial charge on any atom is -0.465 e. The fourth-order valence-electron chi connectivity index (χ4n) is 2.10. The third-order valence-electron chi connectivity index (χ3n) is 3.37. The molecule has 2 aromatic carbocycles. The Bertz CT molecular complexity index is 765. The van der Waals surface area contributed by atoms with Gasteiger partial charge in [-0.2, -0.15) is 0 Å². The number of ether oxygens (including phenoxy) is 1. The molecule has 6 heteroatoms. The second kappa shape index (κ2) is 7.28. The van der Waals surface area contributed by atoms with Gasteiger partial charge in [-0.1, -0.05) is 31.2 Å². The van der Waals surface area contributed by atoms with E-state index in [2.05, 4.69) is 9.46 Å². The maximum Gasteiger partial charge on any atom is 0.337 e. The minimum atomic E-state index is -3.51. The summed E-state index contributed by atoms with van der Waals surface area (Å²) in [5.41, 5.74) is 2.66. The molecule has 0 aliphatic heterocycles. The maximum atomic E-state index is 12.2. The number of esters is 1. The van der Waals surface area contributed by atoms with Gasteiger partial charge in [-0.25, -0.2) is 13.2 Å².